The zero-order chi connectivity index (χ0) is 14.7. The van der Waals surface area contributed by atoms with Crippen molar-refractivity contribution in [2.45, 2.75) is 20.0 Å². The Hall–Kier alpha value is -1.81. The fraction of sp³-hybridized carbons (Fsp3) is 0.188. The molecule has 0 aromatic heterocycles. The standard InChI is InChI=1S/C16H15BrO3/c1-10(2)20-15-6-4-3-5-12(15)11-7-8-14(17)13(9-11)16(18)19/h3-10H,1-2H3,(H,18,19). The van der Waals surface area contributed by atoms with Crippen LogP contribution < -0.4 is 4.74 Å². The van der Waals surface area contributed by atoms with Crippen LogP contribution in [0.5, 0.6) is 5.75 Å². The molecule has 0 amide bonds. The summed E-state index contributed by atoms with van der Waals surface area (Å²) in [6.45, 7) is 3.92. The number of ether oxygens (including phenoxy) is 1. The smallest absolute Gasteiger partial charge is 0.336 e. The second-order valence-electron chi connectivity index (χ2n) is 4.66. The van der Waals surface area contributed by atoms with Crippen molar-refractivity contribution < 1.29 is 14.6 Å². The van der Waals surface area contributed by atoms with E-state index >= 15 is 0 Å². The van der Waals surface area contributed by atoms with Gasteiger partial charge >= 0.3 is 5.97 Å². The molecule has 2 rings (SSSR count). The highest BCUT2D eigenvalue weighted by molar-refractivity contribution is 9.10. The van der Waals surface area contributed by atoms with E-state index in [-0.39, 0.29) is 11.7 Å². The van der Waals surface area contributed by atoms with Gasteiger partial charge in [0.25, 0.3) is 0 Å². The summed E-state index contributed by atoms with van der Waals surface area (Å²) in [6.07, 6.45) is 0.0607. The third kappa shape index (κ3) is 3.20. The first kappa shape index (κ1) is 14.6. The van der Waals surface area contributed by atoms with Gasteiger partial charge in [-0.25, -0.2) is 4.79 Å². The fourth-order valence-corrected chi connectivity index (χ4v) is 2.33. The Morgan fingerprint density at radius 1 is 1.20 bits per heavy atom. The van der Waals surface area contributed by atoms with Gasteiger partial charge in [0.1, 0.15) is 5.75 Å². The summed E-state index contributed by atoms with van der Waals surface area (Å²) in [7, 11) is 0. The molecule has 3 nitrogen and oxygen atoms in total. The van der Waals surface area contributed by atoms with E-state index in [0.717, 1.165) is 16.9 Å². The average molecular weight is 335 g/mol. The van der Waals surface area contributed by atoms with E-state index in [1.807, 2.05) is 44.2 Å². The van der Waals surface area contributed by atoms with Gasteiger partial charge in [-0.1, -0.05) is 24.3 Å². The van der Waals surface area contributed by atoms with E-state index in [1.165, 1.54) is 0 Å². The van der Waals surface area contributed by atoms with Crippen LogP contribution in [0.4, 0.5) is 0 Å². The van der Waals surface area contributed by atoms with Gasteiger partial charge in [0.2, 0.25) is 0 Å². The molecule has 0 bridgehead atoms. The lowest BCUT2D eigenvalue weighted by atomic mass is 10.0. The predicted molar refractivity (Wildman–Crippen MR) is 82.3 cm³/mol. The number of aromatic carboxylic acids is 1. The molecule has 2 aromatic rings. The average Bonchev–Trinajstić information content (AvgIpc) is 2.39. The predicted octanol–water partition coefficient (Wildman–Crippen LogP) is 4.60. The molecular formula is C16H15BrO3. The molecule has 0 aliphatic heterocycles. The minimum Gasteiger partial charge on any atom is -0.490 e. The molecule has 0 saturated carbocycles. The van der Waals surface area contributed by atoms with Crippen molar-refractivity contribution in [1.29, 1.82) is 0 Å². The molecule has 0 atom stereocenters. The van der Waals surface area contributed by atoms with Crippen LogP contribution in [-0.4, -0.2) is 17.2 Å². The molecule has 1 N–H and O–H groups in total. The molecule has 0 saturated heterocycles. The summed E-state index contributed by atoms with van der Waals surface area (Å²) >= 11 is 3.25. The van der Waals surface area contributed by atoms with Crippen molar-refractivity contribution in [2.24, 2.45) is 0 Å². The second-order valence-corrected chi connectivity index (χ2v) is 5.52. The lowest BCUT2D eigenvalue weighted by Gasteiger charge is -2.14. The van der Waals surface area contributed by atoms with Crippen LogP contribution in [0, 0.1) is 0 Å². The van der Waals surface area contributed by atoms with Gasteiger partial charge in [0, 0.05) is 10.0 Å². The maximum Gasteiger partial charge on any atom is 0.336 e. The first-order chi connectivity index (χ1) is 9.49. The van der Waals surface area contributed by atoms with Gasteiger partial charge in [-0.3, -0.25) is 0 Å². The van der Waals surface area contributed by atoms with Crippen LogP contribution in [0.15, 0.2) is 46.9 Å². The van der Waals surface area contributed by atoms with E-state index in [2.05, 4.69) is 15.9 Å². The summed E-state index contributed by atoms with van der Waals surface area (Å²) < 4.78 is 6.34. The maximum absolute atomic E-state index is 11.2. The number of para-hydroxylation sites is 1. The molecule has 0 fully saturated rings. The SMILES string of the molecule is CC(C)Oc1ccccc1-c1ccc(Br)c(C(=O)O)c1. The number of benzene rings is 2. The number of carboxylic acids is 1. The van der Waals surface area contributed by atoms with Crippen molar-refractivity contribution in [3.63, 3.8) is 0 Å². The minimum absolute atomic E-state index is 0.0607. The van der Waals surface area contributed by atoms with Crippen molar-refractivity contribution in [3.05, 3.63) is 52.5 Å². The highest BCUT2D eigenvalue weighted by Crippen LogP contribution is 2.32. The van der Waals surface area contributed by atoms with E-state index in [1.54, 1.807) is 12.1 Å². The highest BCUT2D eigenvalue weighted by Gasteiger charge is 2.12. The van der Waals surface area contributed by atoms with Crippen molar-refractivity contribution in [3.8, 4) is 16.9 Å². The van der Waals surface area contributed by atoms with Gasteiger partial charge in [0.15, 0.2) is 0 Å². The zero-order valence-electron chi connectivity index (χ0n) is 11.3. The molecule has 20 heavy (non-hydrogen) atoms. The monoisotopic (exact) mass is 334 g/mol. The highest BCUT2D eigenvalue weighted by atomic mass is 79.9. The third-order valence-corrected chi connectivity index (χ3v) is 3.45. The molecule has 0 unspecified atom stereocenters. The maximum atomic E-state index is 11.2. The van der Waals surface area contributed by atoms with Gasteiger partial charge in [-0.2, -0.15) is 0 Å². The quantitative estimate of drug-likeness (QED) is 0.888. The van der Waals surface area contributed by atoms with Crippen molar-refractivity contribution in [1.82, 2.24) is 0 Å². The first-order valence-corrected chi connectivity index (χ1v) is 7.07. The summed E-state index contributed by atoms with van der Waals surface area (Å²) in [4.78, 5) is 11.2. The summed E-state index contributed by atoms with van der Waals surface area (Å²) in [5.41, 5.74) is 1.94. The van der Waals surface area contributed by atoms with E-state index in [4.69, 9.17) is 4.74 Å². The Labute approximate surface area is 126 Å². The summed E-state index contributed by atoms with van der Waals surface area (Å²) in [5, 5.41) is 9.19. The molecule has 0 aliphatic rings. The Kier molecular flexibility index (Phi) is 4.45. The molecule has 2 aromatic carbocycles. The lowest BCUT2D eigenvalue weighted by molar-refractivity contribution is 0.0696. The summed E-state index contributed by atoms with van der Waals surface area (Å²) in [6, 6.07) is 12.9. The normalized spacial score (nSPS) is 10.6. The first-order valence-electron chi connectivity index (χ1n) is 6.28. The number of halogens is 1. The molecule has 104 valence electrons. The number of carbonyl (C=O) groups is 1. The van der Waals surface area contributed by atoms with Crippen LogP contribution in [0.25, 0.3) is 11.1 Å². The number of carboxylic acid groups (broad SMARTS) is 1. The Bertz CT molecular complexity index is 635. The van der Waals surface area contributed by atoms with Crippen LogP contribution in [0.2, 0.25) is 0 Å². The Morgan fingerprint density at radius 3 is 2.55 bits per heavy atom. The third-order valence-electron chi connectivity index (χ3n) is 2.76. The van der Waals surface area contributed by atoms with Gasteiger partial charge in [0.05, 0.1) is 11.7 Å². The number of hydrogen-bond acceptors (Lipinski definition) is 2. The topological polar surface area (TPSA) is 46.5 Å². The van der Waals surface area contributed by atoms with Gasteiger partial charge < -0.3 is 9.84 Å². The Morgan fingerprint density at radius 2 is 1.90 bits per heavy atom. The number of rotatable bonds is 4. The molecular weight excluding hydrogens is 320 g/mol. The van der Waals surface area contributed by atoms with Crippen LogP contribution in [0.1, 0.15) is 24.2 Å². The lowest BCUT2D eigenvalue weighted by Crippen LogP contribution is -2.06. The van der Waals surface area contributed by atoms with Crippen molar-refractivity contribution in [2.75, 3.05) is 0 Å². The van der Waals surface area contributed by atoms with E-state index in [0.29, 0.717) is 4.47 Å². The fourth-order valence-electron chi connectivity index (χ4n) is 1.92. The summed E-state index contributed by atoms with van der Waals surface area (Å²) in [5.74, 6) is -0.206. The molecule has 0 heterocycles. The van der Waals surface area contributed by atoms with Crippen LogP contribution in [-0.2, 0) is 0 Å². The van der Waals surface area contributed by atoms with Gasteiger partial charge in [-0.05, 0) is 53.5 Å². The molecule has 0 spiro atoms. The minimum atomic E-state index is -0.957. The van der Waals surface area contributed by atoms with Crippen LogP contribution >= 0.6 is 15.9 Å². The Balaban J connectivity index is 2.51. The van der Waals surface area contributed by atoms with Crippen LogP contribution in [0.3, 0.4) is 0 Å². The number of hydrogen-bond donors (Lipinski definition) is 1. The van der Waals surface area contributed by atoms with Gasteiger partial charge in [-0.15, -0.1) is 0 Å². The van der Waals surface area contributed by atoms with Crippen molar-refractivity contribution >= 4 is 21.9 Å². The largest absolute Gasteiger partial charge is 0.490 e. The molecule has 0 radical (unpaired) electrons. The molecule has 4 heteroatoms. The second kappa shape index (κ2) is 6.09. The van der Waals surface area contributed by atoms with E-state index in [9.17, 15) is 9.90 Å². The van der Waals surface area contributed by atoms with E-state index < -0.39 is 5.97 Å². The zero-order valence-corrected chi connectivity index (χ0v) is 12.8. The molecule has 0 aliphatic carbocycles.